The minimum atomic E-state index is -0.827. The van der Waals surface area contributed by atoms with Gasteiger partial charge in [0.15, 0.2) is 0 Å². The van der Waals surface area contributed by atoms with Crippen LogP contribution in [0.2, 0.25) is 0 Å². The monoisotopic (exact) mass is 393 g/mol. The first kappa shape index (κ1) is 19.8. The first-order valence-electron chi connectivity index (χ1n) is 8.77. The van der Waals surface area contributed by atoms with E-state index in [1.165, 1.54) is 30.1 Å². The van der Waals surface area contributed by atoms with E-state index < -0.39 is 23.0 Å². The average Bonchev–Trinajstić information content (AvgIpc) is 2.72. The first-order valence-corrected chi connectivity index (χ1v) is 8.77. The lowest BCUT2D eigenvalue weighted by Gasteiger charge is -2.12. The highest BCUT2D eigenvalue weighted by atomic mass is 16.5. The van der Waals surface area contributed by atoms with Crippen molar-refractivity contribution in [1.29, 1.82) is 0 Å². The molecule has 0 fully saturated rings. The summed E-state index contributed by atoms with van der Waals surface area (Å²) in [4.78, 5) is 49.1. The van der Waals surface area contributed by atoms with E-state index in [0.29, 0.717) is 5.69 Å². The predicted molar refractivity (Wildman–Crippen MR) is 107 cm³/mol. The molecule has 148 valence electrons. The molecule has 8 heteroatoms. The zero-order chi connectivity index (χ0) is 21.0. The van der Waals surface area contributed by atoms with Crippen LogP contribution < -0.4 is 16.4 Å². The van der Waals surface area contributed by atoms with Gasteiger partial charge in [-0.1, -0.05) is 30.3 Å². The summed E-state index contributed by atoms with van der Waals surface area (Å²) in [5.41, 5.74) is 0.287. The molecule has 0 aliphatic rings. The Labute approximate surface area is 166 Å². The predicted octanol–water partition coefficient (Wildman–Crippen LogP) is 1.73. The van der Waals surface area contributed by atoms with Crippen molar-refractivity contribution in [2.24, 2.45) is 0 Å². The molecule has 0 aliphatic carbocycles. The maximum Gasteiger partial charge on any atom is 0.339 e. The third-order valence-corrected chi connectivity index (χ3v) is 4.35. The Hall–Kier alpha value is -3.94. The van der Waals surface area contributed by atoms with Gasteiger partial charge in [-0.25, -0.2) is 4.79 Å². The van der Waals surface area contributed by atoms with Gasteiger partial charge in [-0.2, -0.15) is 0 Å². The summed E-state index contributed by atoms with van der Waals surface area (Å²) in [7, 11) is 1.24. The minimum Gasteiger partial charge on any atom is -0.465 e. The van der Waals surface area contributed by atoms with E-state index in [1.807, 2.05) is 19.1 Å². The smallest absolute Gasteiger partial charge is 0.339 e. The number of nitrogens with one attached hydrogen (secondary N) is 1. The molecule has 0 saturated carbocycles. The Morgan fingerprint density at radius 2 is 1.66 bits per heavy atom. The van der Waals surface area contributed by atoms with Crippen molar-refractivity contribution in [3.8, 4) is 5.69 Å². The summed E-state index contributed by atoms with van der Waals surface area (Å²) in [5, 5.41) is 2.57. The van der Waals surface area contributed by atoms with Gasteiger partial charge in [0.1, 0.15) is 6.54 Å². The van der Waals surface area contributed by atoms with Gasteiger partial charge in [0, 0.05) is 12.4 Å². The number of anilines is 1. The molecule has 3 rings (SSSR count). The van der Waals surface area contributed by atoms with Crippen LogP contribution >= 0.6 is 0 Å². The van der Waals surface area contributed by atoms with Crippen LogP contribution in [0.25, 0.3) is 5.69 Å². The van der Waals surface area contributed by atoms with Crippen molar-refractivity contribution in [3.05, 3.63) is 92.8 Å². The van der Waals surface area contributed by atoms with Crippen LogP contribution in [-0.2, 0) is 16.1 Å². The zero-order valence-corrected chi connectivity index (χ0v) is 15.9. The largest absolute Gasteiger partial charge is 0.465 e. The number of hydrogen-bond acceptors (Lipinski definition) is 5. The summed E-state index contributed by atoms with van der Waals surface area (Å²) in [6, 6.07) is 13.5. The van der Waals surface area contributed by atoms with E-state index in [1.54, 1.807) is 30.3 Å². The Bertz CT molecular complexity index is 1190. The fraction of sp³-hybridized carbons (Fsp3) is 0.143. The third kappa shape index (κ3) is 4.16. The van der Waals surface area contributed by atoms with Crippen molar-refractivity contribution < 1.29 is 14.3 Å². The Kier molecular flexibility index (Phi) is 5.73. The summed E-state index contributed by atoms with van der Waals surface area (Å²) in [6.45, 7) is 1.46. The molecule has 0 unspecified atom stereocenters. The quantitative estimate of drug-likeness (QED) is 0.526. The molecule has 2 aromatic carbocycles. The lowest BCUT2D eigenvalue weighted by atomic mass is 10.2. The Morgan fingerprint density at radius 1 is 0.966 bits per heavy atom. The van der Waals surface area contributed by atoms with Gasteiger partial charge in [0.05, 0.1) is 24.0 Å². The van der Waals surface area contributed by atoms with Gasteiger partial charge < -0.3 is 10.1 Å². The number of hydrogen-bond donors (Lipinski definition) is 1. The number of aromatic nitrogens is 2. The Morgan fingerprint density at radius 3 is 2.38 bits per heavy atom. The molecular formula is C21H19N3O5. The second kappa shape index (κ2) is 8.39. The van der Waals surface area contributed by atoms with Gasteiger partial charge in [0.25, 0.3) is 0 Å². The summed E-state index contributed by atoms with van der Waals surface area (Å²) < 4.78 is 6.96. The fourth-order valence-electron chi connectivity index (χ4n) is 2.88. The number of benzene rings is 2. The number of methoxy groups -OCH3 is 1. The first-order chi connectivity index (χ1) is 13.9. The molecule has 1 aromatic heterocycles. The highest BCUT2D eigenvalue weighted by Crippen LogP contribution is 2.16. The van der Waals surface area contributed by atoms with Crippen LogP contribution in [0.4, 0.5) is 5.69 Å². The molecule has 1 heterocycles. The third-order valence-electron chi connectivity index (χ3n) is 4.35. The molecule has 0 radical (unpaired) electrons. The number of carbonyl (C=O) groups is 2. The Balaban J connectivity index is 1.85. The molecule has 1 N–H and O–H groups in total. The standard InChI is InChI=1S/C21H19N3O5/c1-14-7-3-6-10-17(14)24-12-11-23(19(26)20(24)27)13-18(25)22-16-9-5-4-8-15(16)21(28)29-2/h3-12H,13H2,1-2H3,(H,22,25). The SMILES string of the molecule is COC(=O)c1ccccc1NC(=O)Cn1ccn(-c2ccccc2C)c(=O)c1=O. The van der Waals surface area contributed by atoms with E-state index >= 15 is 0 Å². The molecule has 0 saturated heterocycles. The van der Waals surface area contributed by atoms with Gasteiger partial charge in [-0.05, 0) is 30.7 Å². The van der Waals surface area contributed by atoms with Crippen LogP contribution in [-0.4, -0.2) is 28.1 Å². The summed E-state index contributed by atoms with van der Waals surface area (Å²) >= 11 is 0. The van der Waals surface area contributed by atoms with Gasteiger partial charge in [0.2, 0.25) is 5.91 Å². The number of aryl methyl sites for hydroxylation is 1. The van der Waals surface area contributed by atoms with E-state index in [4.69, 9.17) is 0 Å². The van der Waals surface area contributed by atoms with Crippen molar-refractivity contribution in [1.82, 2.24) is 9.13 Å². The number of ether oxygens (including phenoxy) is 1. The van der Waals surface area contributed by atoms with Crippen molar-refractivity contribution in [3.63, 3.8) is 0 Å². The molecule has 0 bridgehead atoms. The van der Waals surface area contributed by atoms with Crippen LogP contribution in [0.3, 0.4) is 0 Å². The van der Waals surface area contributed by atoms with E-state index in [-0.39, 0.29) is 17.8 Å². The maximum atomic E-state index is 12.5. The van der Waals surface area contributed by atoms with Crippen molar-refractivity contribution in [2.75, 3.05) is 12.4 Å². The number of nitrogens with zero attached hydrogens (tertiary/aromatic N) is 2. The number of rotatable bonds is 5. The van der Waals surface area contributed by atoms with Gasteiger partial charge in [-0.3, -0.25) is 23.5 Å². The molecule has 0 aliphatic heterocycles. The zero-order valence-electron chi connectivity index (χ0n) is 15.9. The normalized spacial score (nSPS) is 10.4. The number of carbonyl (C=O) groups excluding carboxylic acids is 2. The van der Waals surface area contributed by atoms with Crippen LogP contribution in [0.1, 0.15) is 15.9 Å². The second-order valence-electron chi connectivity index (χ2n) is 6.28. The fourth-order valence-corrected chi connectivity index (χ4v) is 2.88. The van der Waals surface area contributed by atoms with E-state index in [0.717, 1.165) is 10.1 Å². The second-order valence-corrected chi connectivity index (χ2v) is 6.28. The molecule has 0 spiro atoms. The van der Waals surface area contributed by atoms with Crippen LogP contribution in [0.5, 0.6) is 0 Å². The number of esters is 1. The molecule has 3 aromatic rings. The molecule has 0 atom stereocenters. The minimum absolute atomic E-state index is 0.186. The highest BCUT2D eigenvalue weighted by molar-refractivity contribution is 6.01. The molecule has 29 heavy (non-hydrogen) atoms. The van der Waals surface area contributed by atoms with E-state index in [9.17, 15) is 19.2 Å². The van der Waals surface area contributed by atoms with Crippen molar-refractivity contribution in [2.45, 2.75) is 13.5 Å². The molecule has 1 amide bonds. The number of para-hydroxylation sites is 2. The lowest BCUT2D eigenvalue weighted by molar-refractivity contribution is -0.116. The summed E-state index contributed by atoms with van der Waals surface area (Å²) in [5.74, 6) is -1.16. The van der Waals surface area contributed by atoms with Crippen molar-refractivity contribution >= 4 is 17.6 Å². The van der Waals surface area contributed by atoms with Gasteiger partial charge in [-0.15, -0.1) is 0 Å². The lowest BCUT2D eigenvalue weighted by Crippen LogP contribution is -2.41. The van der Waals surface area contributed by atoms with Gasteiger partial charge >= 0.3 is 17.1 Å². The average molecular weight is 393 g/mol. The topological polar surface area (TPSA) is 99.4 Å². The van der Waals surface area contributed by atoms with Crippen LogP contribution in [0.15, 0.2) is 70.5 Å². The molecule has 8 nitrogen and oxygen atoms in total. The summed E-state index contributed by atoms with van der Waals surface area (Å²) in [6.07, 6.45) is 2.82. The van der Waals surface area contributed by atoms with E-state index in [2.05, 4.69) is 10.1 Å². The maximum absolute atomic E-state index is 12.5. The number of amides is 1. The highest BCUT2D eigenvalue weighted by Gasteiger charge is 2.15. The van der Waals surface area contributed by atoms with Crippen LogP contribution in [0, 0.1) is 6.92 Å². The molecular weight excluding hydrogens is 374 g/mol.